The monoisotopic (exact) mass is 491 g/mol. The fourth-order valence-corrected chi connectivity index (χ4v) is 3.71. The highest BCUT2D eigenvalue weighted by molar-refractivity contribution is 6.37. The van der Waals surface area contributed by atoms with Crippen molar-refractivity contribution in [2.45, 2.75) is 32.5 Å². The van der Waals surface area contributed by atoms with Crippen LogP contribution in [0, 0.1) is 0 Å². The molecule has 0 bridgehead atoms. The van der Waals surface area contributed by atoms with Gasteiger partial charge in [-0.2, -0.15) is 0 Å². The second-order valence-electron chi connectivity index (χ2n) is 8.31. The molecule has 0 spiro atoms. The summed E-state index contributed by atoms with van der Waals surface area (Å²) in [4.78, 5) is 42.8. The standard InChI is InChI=1S/C23H23Cl2N3O5/c1-23(2,3)33-19(31)11-26-21-22(32)28(12-18(29)30)17-9-8-13(24)10-15(17)20(27-21)14-6-4-5-7-16(14)25/h4-10,21,26H,11-12H2,1-3H3,(H,29,30). The molecule has 0 saturated carbocycles. The molecule has 8 nitrogen and oxygen atoms in total. The Kier molecular flexibility index (Phi) is 7.41. The van der Waals surface area contributed by atoms with Gasteiger partial charge in [-0.3, -0.25) is 29.6 Å². The summed E-state index contributed by atoms with van der Waals surface area (Å²) >= 11 is 12.6. The number of fused-ring (bicyclic) bond motifs is 1. The first kappa shape index (κ1) is 24.7. The molecular formula is C23H23Cl2N3O5. The molecular weight excluding hydrogens is 469 g/mol. The van der Waals surface area contributed by atoms with E-state index in [1.807, 2.05) is 0 Å². The third-order valence-electron chi connectivity index (χ3n) is 4.54. The molecule has 33 heavy (non-hydrogen) atoms. The SMILES string of the molecule is CC(C)(C)OC(=O)CNC1N=C(c2ccccc2Cl)c2cc(Cl)ccc2N(CC(=O)O)C1=O. The van der Waals surface area contributed by atoms with Crippen LogP contribution in [0.5, 0.6) is 0 Å². The van der Waals surface area contributed by atoms with Crippen LogP contribution in [0.15, 0.2) is 47.5 Å². The van der Waals surface area contributed by atoms with E-state index >= 15 is 0 Å². The van der Waals surface area contributed by atoms with Gasteiger partial charge in [-0.1, -0.05) is 41.4 Å². The molecule has 0 aliphatic carbocycles. The lowest BCUT2D eigenvalue weighted by atomic mass is 10.00. The highest BCUT2D eigenvalue weighted by Crippen LogP contribution is 2.32. The van der Waals surface area contributed by atoms with Crippen LogP contribution in [0.4, 0.5) is 5.69 Å². The predicted octanol–water partition coefficient (Wildman–Crippen LogP) is 3.52. The molecule has 1 heterocycles. The Labute approximate surface area is 201 Å². The minimum Gasteiger partial charge on any atom is -0.480 e. The quantitative estimate of drug-likeness (QED) is 0.598. The number of amides is 1. The third-order valence-corrected chi connectivity index (χ3v) is 5.11. The maximum Gasteiger partial charge on any atom is 0.323 e. The Balaban J connectivity index is 2.11. The molecule has 174 valence electrons. The normalized spacial score (nSPS) is 16.0. The van der Waals surface area contributed by atoms with Crippen molar-refractivity contribution >= 4 is 52.4 Å². The largest absolute Gasteiger partial charge is 0.480 e. The summed E-state index contributed by atoms with van der Waals surface area (Å²) in [6, 6.07) is 11.6. The molecule has 2 aromatic carbocycles. The van der Waals surface area contributed by atoms with E-state index in [4.69, 9.17) is 27.9 Å². The van der Waals surface area contributed by atoms with Gasteiger partial charge < -0.3 is 9.84 Å². The number of aliphatic carboxylic acids is 1. The maximum atomic E-state index is 13.4. The maximum absolute atomic E-state index is 13.4. The van der Waals surface area contributed by atoms with E-state index in [0.29, 0.717) is 32.6 Å². The zero-order chi connectivity index (χ0) is 24.3. The number of hydrogen-bond donors (Lipinski definition) is 2. The van der Waals surface area contributed by atoms with Crippen molar-refractivity contribution in [2.24, 2.45) is 4.99 Å². The lowest BCUT2D eigenvalue weighted by Gasteiger charge is -2.24. The molecule has 2 N–H and O–H groups in total. The fraction of sp³-hybridized carbons (Fsp3) is 0.304. The zero-order valence-corrected chi connectivity index (χ0v) is 19.8. The van der Waals surface area contributed by atoms with Gasteiger partial charge in [-0.25, -0.2) is 0 Å². The Morgan fingerprint density at radius 2 is 1.85 bits per heavy atom. The van der Waals surface area contributed by atoms with E-state index in [9.17, 15) is 19.5 Å². The molecule has 10 heteroatoms. The van der Waals surface area contributed by atoms with Crippen LogP contribution < -0.4 is 10.2 Å². The van der Waals surface area contributed by atoms with Crippen molar-refractivity contribution in [3.05, 3.63) is 63.6 Å². The van der Waals surface area contributed by atoms with Crippen LogP contribution in [-0.2, 0) is 19.1 Å². The zero-order valence-electron chi connectivity index (χ0n) is 18.3. The van der Waals surface area contributed by atoms with Crippen LogP contribution >= 0.6 is 23.2 Å². The summed E-state index contributed by atoms with van der Waals surface area (Å²) in [7, 11) is 0. The van der Waals surface area contributed by atoms with Crippen LogP contribution in [0.25, 0.3) is 0 Å². The van der Waals surface area contributed by atoms with E-state index in [2.05, 4.69) is 10.3 Å². The number of hydrogen-bond acceptors (Lipinski definition) is 6. The number of nitrogens with zero attached hydrogens (tertiary/aromatic N) is 2. The van der Waals surface area contributed by atoms with Crippen LogP contribution in [0.3, 0.4) is 0 Å². The predicted molar refractivity (Wildman–Crippen MR) is 126 cm³/mol. The fourth-order valence-electron chi connectivity index (χ4n) is 3.31. The highest BCUT2D eigenvalue weighted by atomic mass is 35.5. The number of nitrogens with one attached hydrogen (secondary N) is 1. The van der Waals surface area contributed by atoms with Crippen molar-refractivity contribution in [3.8, 4) is 0 Å². The molecule has 0 radical (unpaired) electrons. The van der Waals surface area contributed by atoms with Gasteiger partial charge >= 0.3 is 11.9 Å². The average molecular weight is 492 g/mol. The number of aliphatic imine (C=N–C) groups is 1. The highest BCUT2D eigenvalue weighted by Gasteiger charge is 2.34. The molecule has 1 unspecified atom stereocenters. The number of carboxylic acid groups (broad SMARTS) is 1. The molecule has 0 saturated heterocycles. The van der Waals surface area contributed by atoms with Gasteiger partial charge in [-0.15, -0.1) is 0 Å². The number of carboxylic acids is 1. The van der Waals surface area contributed by atoms with Crippen molar-refractivity contribution in [2.75, 3.05) is 18.0 Å². The number of anilines is 1. The van der Waals surface area contributed by atoms with Gasteiger partial charge in [0.1, 0.15) is 12.1 Å². The molecule has 2 aromatic rings. The average Bonchev–Trinajstić information content (AvgIpc) is 2.81. The summed E-state index contributed by atoms with van der Waals surface area (Å²) in [5.74, 6) is -2.44. The van der Waals surface area contributed by atoms with Gasteiger partial charge in [0.2, 0.25) is 0 Å². The second kappa shape index (κ2) is 9.91. The minimum atomic E-state index is -1.27. The van der Waals surface area contributed by atoms with Gasteiger partial charge in [0.15, 0.2) is 6.17 Å². The molecule has 1 aliphatic heterocycles. The number of rotatable bonds is 6. The topological polar surface area (TPSA) is 108 Å². The number of ether oxygens (including phenoxy) is 1. The number of halogens is 2. The lowest BCUT2D eigenvalue weighted by molar-refractivity contribution is -0.153. The first-order chi connectivity index (χ1) is 15.5. The van der Waals surface area contributed by atoms with E-state index < -0.39 is 36.2 Å². The van der Waals surface area contributed by atoms with Crippen molar-refractivity contribution in [1.82, 2.24) is 5.32 Å². The Morgan fingerprint density at radius 1 is 1.15 bits per heavy atom. The summed E-state index contributed by atoms with van der Waals surface area (Å²) in [6.45, 7) is 4.26. The third kappa shape index (κ3) is 6.10. The second-order valence-corrected chi connectivity index (χ2v) is 9.15. The van der Waals surface area contributed by atoms with Gasteiger partial charge in [0, 0.05) is 21.2 Å². The summed E-state index contributed by atoms with van der Waals surface area (Å²) in [5.41, 5.74) is 0.900. The molecule has 3 rings (SSSR count). The molecule has 1 atom stereocenters. The number of carbonyl (C=O) groups excluding carboxylic acids is 2. The van der Waals surface area contributed by atoms with Crippen molar-refractivity contribution in [1.29, 1.82) is 0 Å². The first-order valence-electron chi connectivity index (χ1n) is 10.1. The van der Waals surface area contributed by atoms with E-state index in [-0.39, 0.29) is 6.54 Å². The van der Waals surface area contributed by atoms with E-state index in [0.717, 1.165) is 4.90 Å². The van der Waals surface area contributed by atoms with Crippen molar-refractivity contribution in [3.63, 3.8) is 0 Å². The molecule has 0 aromatic heterocycles. The Morgan fingerprint density at radius 3 is 2.48 bits per heavy atom. The number of carbonyl (C=O) groups is 3. The number of esters is 1. The van der Waals surface area contributed by atoms with Crippen molar-refractivity contribution < 1.29 is 24.2 Å². The lowest BCUT2D eigenvalue weighted by Crippen LogP contribution is -2.48. The van der Waals surface area contributed by atoms with Gasteiger partial charge in [0.25, 0.3) is 5.91 Å². The Bertz CT molecular complexity index is 1130. The van der Waals surface area contributed by atoms with E-state index in [1.165, 1.54) is 0 Å². The van der Waals surface area contributed by atoms with E-state index in [1.54, 1.807) is 63.2 Å². The first-order valence-corrected chi connectivity index (χ1v) is 10.8. The minimum absolute atomic E-state index is 0.312. The molecule has 0 fully saturated rings. The smallest absolute Gasteiger partial charge is 0.323 e. The number of benzene rings is 2. The van der Waals surface area contributed by atoms with Gasteiger partial charge in [-0.05, 0) is 45.0 Å². The summed E-state index contributed by atoms with van der Waals surface area (Å²) in [6.07, 6.45) is -1.27. The van der Waals surface area contributed by atoms with Gasteiger partial charge in [0.05, 0.1) is 17.9 Å². The van der Waals surface area contributed by atoms with Crippen LogP contribution in [0.1, 0.15) is 31.9 Å². The molecule has 1 amide bonds. The van der Waals surface area contributed by atoms with Crippen LogP contribution in [0.2, 0.25) is 10.0 Å². The summed E-state index contributed by atoms with van der Waals surface area (Å²) in [5, 5.41) is 13.0. The molecule has 1 aliphatic rings. The Hall–Kier alpha value is -2.94. The van der Waals surface area contributed by atoms with Crippen LogP contribution in [-0.4, -0.2) is 53.5 Å². The summed E-state index contributed by atoms with van der Waals surface area (Å²) < 4.78 is 5.29. The number of benzodiazepines with no additional fused rings is 1.